The molecule has 20 heavy (non-hydrogen) atoms. The van der Waals surface area contributed by atoms with Crippen LogP contribution in [0, 0.1) is 12.8 Å². The van der Waals surface area contributed by atoms with E-state index in [0.717, 1.165) is 6.42 Å². The third-order valence-corrected chi connectivity index (χ3v) is 4.82. The highest BCUT2D eigenvalue weighted by molar-refractivity contribution is 8.00. The second kappa shape index (κ2) is 5.84. The van der Waals surface area contributed by atoms with Crippen molar-refractivity contribution >= 4 is 17.5 Å². The van der Waals surface area contributed by atoms with Crippen molar-refractivity contribution in [2.75, 3.05) is 5.75 Å². The number of carbonyl (C=O) groups is 1. The number of aryl methyl sites for hydroxylation is 1. The van der Waals surface area contributed by atoms with E-state index in [0.29, 0.717) is 17.5 Å². The van der Waals surface area contributed by atoms with E-state index in [4.69, 9.17) is 0 Å². The van der Waals surface area contributed by atoms with E-state index in [1.807, 2.05) is 12.1 Å². The van der Waals surface area contributed by atoms with E-state index >= 15 is 0 Å². The molecule has 0 radical (unpaired) electrons. The Kier molecular flexibility index (Phi) is 3.93. The standard InChI is InChI=1S/C18H18OS/c1-13-6-5-9-15(10-13)20-12-18(19)17-11-16(17)14-7-3-2-4-8-14/h2-10,16-17H,11-12H2,1H3. The van der Waals surface area contributed by atoms with Crippen LogP contribution in [0.2, 0.25) is 0 Å². The number of rotatable bonds is 5. The number of carbonyl (C=O) groups excluding carboxylic acids is 1. The highest BCUT2D eigenvalue weighted by atomic mass is 32.2. The summed E-state index contributed by atoms with van der Waals surface area (Å²) in [5, 5.41) is 0. The first-order valence-electron chi connectivity index (χ1n) is 7.01. The summed E-state index contributed by atoms with van der Waals surface area (Å²) in [6.07, 6.45) is 1.03. The Morgan fingerprint density at radius 1 is 1.15 bits per heavy atom. The molecule has 3 rings (SSSR count). The highest BCUT2D eigenvalue weighted by Gasteiger charge is 2.43. The molecule has 2 heteroatoms. The maximum absolute atomic E-state index is 12.2. The van der Waals surface area contributed by atoms with Gasteiger partial charge in [0.25, 0.3) is 0 Å². The van der Waals surface area contributed by atoms with Gasteiger partial charge >= 0.3 is 0 Å². The van der Waals surface area contributed by atoms with Gasteiger partial charge in [0.15, 0.2) is 0 Å². The van der Waals surface area contributed by atoms with Crippen LogP contribution >= 0.6 is 11.8 Å². The van der Waals surface area contributed by atoms with Gasteiger partial charge in [-0.1, -0.05) is 48.0 Å². The molecule has 102 valence electrons. The highest BCUT2D eigenvalue weighted by Crippen LogP contribution is 2.48. The minimum atomic E-state index is 0.245. The summed E-state index contributed by atoms with van der Waals surface area (Å²) in [6.45, 7) is 2.08. The number of hydrogen-bond donors (Lipinski definition) is 0. The van der Waals surface area contributed by atoms with E-state index in [1.54, 1.807) is 11.8 Å². The molecule has 1 aliphatic rings. The topological polar surface area (TPSA) is 17.1 Å². The smallest absolute Gasteiger partial charge is 0.146 e. The molecule has 0 amide bonds. The van der Waals surface area contributed by atoms with E-state index < -0.39 is 0 Å². The summed E-state index contributed by atoms with van der Waals surface area (Å²) in [4.78, 5) is 13.4. The quantitative estimate of drug-likeness (QED) is 0.753. The lowest BCUT2D eigenvalue weighted by Crippen LogP contribution is -2.05. The van der Waals surface area contributed by atoms with Crippen LogP contribution < -0.4 is 0 Å². The van der Waals surface area contributed by atoms with Crippen LogP contribution in [0.1, 0.15) is 23.5 Å². The molecular formula is C18H18OS. The number of Topliss-reactive ketones (excluding diaryl/α,β-unsaturated/α-hetero) is 1. The Bertz CT molecular complexity index is 606. The van der Waals surface area contributed by atoms with Crippen molar-refractivity contribution in [1.82, 2.24) is 0 Å². The molecule has 1 fully saturated rings. The van der Waals surface area contributed by atoms with Crippen molar-refractivity contribution in [2.24, 2.45) is 5.92 Å². The van der Waals surface area contributed by atoms with Gasteiger partial charge in [-0.15, -0.1) is 11.8 Å². The number of hydrogen-bond acceptors (Lipinski definition) is 2. The molecule has 2 aromatic rings. The van der Waals surface area contributed by atoms with Gasteiger partial charge in [0.1, 0.15) is 5.78 Å². The molecule has 0 heterocycles. The minimum Gasteiger partial charge on any atom is -0.298 e. The summed E-state index contributed by atoms with van der Waals surface area (Å²) in [7, 11) is 0. The van der Waals surface area contributed by atoms with E-state index in [2.05, 4.69) is 49.4 Å². The van der Waals surface area contributed by atoms with Crippen LogP contribution in [0.25, 0.3) is 0 Å². The van der Waals surface area contributed by atoms with Crippen molar-refractivity contribution in [3.63, 3.8) is 0 Å². The minimum absolute atomic E-state index is 0.245. The largest absolute Gasteiger partial charge is 0.298 e. The van der Waals surface area contributed by atoms with Gasteiger partial charge < -0.3 is 0 Å². The molecule has 0 aliphatic heterocycles. The van der Waals surface area contributed by atoms with Gasteiger partial charge in [-0.3, -0.25) is 4.79 Å². The normalized spacial score (nSPS) is 20.6. The third kappa shape index (κ3) is 3.13. The van der Waals surface area contributed by atoms with Crippen molar-refractivity contribution in [3.05, 3.63) is 65.7 Å². The fraction of sp³-hybridized carbons (Fsp3) is 0.278. The number of benzene rings is 2. The predicted octanol–water partition coefficient (Wildman–Crippen LogP) is 4.46. The first-order valence-corrected chi connectivity index (χ1v) is 8.00. The Labute approximate surface area is 124 Å². The van der Waals surface area contributed by atoms with Gasteiger partial charge in [0, 0.05) is 10.8 Å². The third-order valence-electron chi connectivity index (χ3n) is 3.80. The predicted molar refractivity (Wildman–Crippen MR) is 84.2 cm³/mol. The van der Waals surface area contributed by atoms with Crippen molar-refractivity contribution in [2.45, 2.75) is 24.2 Å². The second-order valence-corrected chi connectivity index (χ2v) is 6.48. The van der Waals surface area contributed by atoms with Gasteiger partial charge in [0.2, 0.25) is 0 Å². The number of thioether (sulfide) groups is 1. The maximum Gasteiger partial charge on any atom is 0.146 e. The van der Waals surface area contributed by atoms with Crippen molar-refractivity contribution < 1.29 is 4.79 Å². The molecule has 0 N–H and O–H groups in total. The summed E-state index contributed by atoms with van der Waals surface area (Å²) in [5.74, 6) is 1.69. The average molecular weight is 282 g/mol. The number of ketones is 1. The monoisotopic (exact) mass is 282 g/mol. The van der Waals surface area contributed by atoms with Crippen LogP contribution in [-0.4, -0.2) is 11.5 Å². The zero-order valence-corrected chi connectivity index (χ0v) is 12.4. The fourth-order valence-electron chi connectivity index (χ4n) is 2.59. The molecule has 0 bridgehead atoms. The SMILES string of the molecule is Cc1cccc(SCC(=O)C2CC2c2ccccc2)c1. The molecule has 0 spiro atoms. The average Bonchev–Trinajstić information content (AvgIpc) is 3.26. The molecule has 2 atom stereocenters. The molecule has 1 saturated carbocycles. The molecule has 0 saturated heterocycles. The lowest BCUT2D eigenvalue weighted by atomic mass is 10.1. The molecule has 2 aromatic carbocycles. The first-order chi connectivity index (χ1) is 9.74. The van der Waals surface area contributed by atoms with Gasteiger partial charge in [-0.2, -0.15) is 0 Å². The van der Waals surface area contributed by atoms with Gasteiger partial charge in [0.05, 0.1) is 5.75 Å². The molecule has 0 aromatic heterocycles. The molecule has 1 nitrogen and oxygen atoms in total. The lowest BCUT2D eigenvalue weighted by Gasteiger charge is -2.03. The van der Waals surface area contributed by atoms with E-state index in [9.17, 15) is 4.79 Å². The van der Waals surface area contributed by atoms with Crippen LogP contribution in [0.5, 0.6) is 0 Å². The summed E-state index contributed by atoms with van der Waals surface area (Å²) in [5.41, 5.74) is 2.56. The van der Waals surface area contributed by atoms with E-state index in [1.165, 1.54) is 16.0 Å². The lowest BCUT2D eigenvalue weighted by molar-refractivity contribution is -0.117. The maximum atomic E-state index is 12.2. The Balaban J connectivity index is 1.54. The fourth-order valence-corrected chi connectivity index (χ4v) is 3.55. The Morgan fingerprint density at radius 3 is 2.70 bits per heavy atom. The zero-order chi connectivity index (χ0) is 13.9. The molecule has 2 unspecified atom stereocenters. The zero-order valence-electron chi connectivity index (χ0n) is 11.6. The van der Waals surface area contributed by atoms with Crippen LogP contribution in [0.15, 0.2) is 59.5 Å². The summed E-state index contributed by atoms with van der Waals surface area (Å²) < 4.78 is 0. The first kappa shape index (κ1) is 13.4. The molecule has 1 aliphatic carbocycles. The molecular weight excluding hydrogens is 264 g/mol. The summed E-state index contributed by atoms with van der Waals surface area (Å²) in [6, 6.07) is 18.7. The van der Waals surface area contributed by atoms with E-state index in [-0.39, 0.29) is 5.92 Å². The van der Waals surface area contributed by atoms with Crippen molar-refractivity contribution in [1.29, 1.82) is 0 Å². The van der Waals surface area contributed by atoms with Crippen LogP contribution in [0.3, 0.4) is 0 Å². The Hall–Kier alpha value is -1.54. The van der Waals surface area contributed by atoms with Gasteiger partial charge in [-0.25, -0.2) is 0 Å². The Morgan fingerprint density at radius 2 is 1.95 bits per heavy atom. The van der Waals surface area contributed by atoms with Crippen LogP contribution in [-0.2, 0) is 4.79 Å². The van der Waals surface area contributed by atoms with Crippen LogP contribution in [0.4, 0.5) is 0 Å². The van der Waals surface area contributed by atoms with Gasteiger partial charge in [-0.05, 0) is 37.0 Å². The second-order valence-electron chi connectivity index (χ2n) is 5.43. The van der Waals surface area contributed by atoms with Crippen molar-refractivity contribution in [3.8, 4) is 0 Å². The summed E-state index contributed by atoms with van der Waals surface area (Å²) >= 11 is 1.66.